The van der Waals surface area contributed by atoms with E-state index in [2.05, 4.69) is 18.2 Å². The third kappa shape index (κ3) is 2.57. The molecule has 18 heavy (non-hydrogen) atoms. The Hall–Kier alpha value is -0.530. The highest BCUT2D eigenvalue weighted by Gasteiger charge is 2.24. The van der Waals surface area contributed by atoms with Crippen molar-refractivity contribution in [1.82, 2.24) is 0 Å². The van der Waals surface area contributed by atoms with Gasteiger partial charge in [0.15, 0.2) is 0 Å². The second kappa shape index (κ2) is 5.63. The van der Waals surface area contributed by atoms with Crippen LogP contribution in [0.5, 0.6) is 0 Å². The Morgan fingerprint density at radius 3 is 2.72 bits per heavy atom. The minimum absolute atomic E-state index is 0.123. The maximum atomic E-state index is 6.65. The molecule has 2 unspecified atom stereocenters. The highest BCUT2D eigenvalue weighted by Crippen LogP contribution is 2.36. The first kappa shape index (κ1) is 12.5. The van der Waals surface area contributed by atoms with Crippen LogP contribution in [0.3, 0.4) is 0 Å². The van der Waals surface area contributed by atoms with Crippen LogP contribution in [-0.4, -0.2) is 13.2 Å². The molecular formula is C16H21ClO. The van der Waals surface area contributed by atoms with Crippen molar-refractivity contribution >= 4 is 11.6 Å². The molecule has 2 aliphatic rings. The van der Waals surface area contributed by atoms with Crippen LogP contribution in [-0.2, 0) is 17.6 Å². The average molecular weight is 265 g/mol. The van der Waals surface area contributed by atoms with Gasteiger partial charge in [-0.2, -0.15) is 0 Å². The van der Waals surface area contributed by atoms with Crippen molar-refractivity contribution in [2.24, 2.45) is 5.92 Å². The van der Waals surface area contributed by atoms with Crippen LogP contribution in [0.2, 0.25) is 0 Å². The normalized spacial score (nSPS) is 25.5. The molecule has 1 fully saturated rings. The lowest BCUT2D eigenvalue weighted by Gasteiger charge is -2.27. The van der Waals surface area contributed by atoms with Crippen molar-refractivity contribution in [3.63, 3.8) is 0 Å². The highest BCUT2D eigenvalue weighted by molar-refractivity contribution is 6.21. The van der Waals surface area contributed by atoms with E-state index in [-0.39, 0.29) is 5.38 Å². The Morgan fingerprint density at radius 2 is 1.94 bits per heavy atom. The molecule has 1 aliphatic heterocycles. The fraction of sp³-hybridized carbons (Fsp3) is 0.625. The molecule has 0 bridgehead atoms. The summed E-state index contributed by atoms with van der Waals surface area (Å²) in [4.78, 5) is 0. The van der Waals surface area contributed by atoms with E-state index in [4.69, 9.17) is 16.3 Å². The molecule has 1 heterocycles. The van der Waals surface area contributed by atoms with E-state index >= 15 is 0 Å². The standard InChI is InChI=1S/C16H21ClO/c17-16(15-6-3-9-18-11-15)14-8-7-12-4-1-2-5-13(12)10-14/h7-8,10,15-16H,1-6,9,11H2. The molecule has 0 aromatic heterocycles. The van der Waals surface area contributed by atoms with Crippen LogP contribution in [0.4, 0.5) is 0 Å². The summed E-state index contributed by atoms with van der Waals surface area (Å²) < 4.78 is 5.55. The molecule has 98 valence electrons. The van der Waals surface area contributed by atoms with E-state index in [0.717, 1.165) is 19.6 Å². The topological polar surface area (TPSA) is 9.23 Å². The number of ether oxygens (including phenoxy) is 1. The van der Waals surface area contributed by atoms with Gasteiger partial charge in [0.1, 0.15) is 0 Å². The van der Waals surface area contributed by atoms with Gasteiger partial charge in [0, 0.05) is 12.5 Å². The van der Waals surface area contributed by atoms with Crippen LogP contribution in [0.15, 0.2) is 18.2 Å². The molecule has 1 aromatic rings. The van der Waals surface area contributed by atoms with E-state index in [1.165, 1.54) is 48.8 Å². The third-order valence-electron chi connectivity index (χ3n) is 4.30. The van der Waals surface area contributed by atoms with Gasteiger partial charge < -0.3 is 4.74 Å². The van der Waals surface area contributed by atoms with Gasteiger partial charge in [0.05, 0.1) is 12.0 Å². The number of hydrogen-bond acceptors (Lipinski definition) is 1. The summed E-state index contributed by atoms with van der Waals surface area (Å²) in [6.45, 7) is 1.73. The van der Waals surface area contributed by atoms with Gasteiger partial charge in [0.25, 0.3) is 0 Å². The maximum absolute atomic E-state index is 6.65. The van der Waals surface area contributed by atoms with Gasteiger partial charge in [-0.3, -0.25) is 0 Å². The van der Waals surface area contributed by atoms with Crippen molar-refractivity contribution in [1.29, 1.82) is 0 Å². The molecule has 0 saturated carbocycles. The van der Waals surface area contributed by atoms with Crippen molar-refractivity contribution in [2.45, 2.75) is 43.9 Å². The fourth-order valence-corrected chi connectivity index (χ4v) is 3.53. The molecule has 0 N–H and O–H groups in total. The first-order chi connectivity index (χ1) is 8.84. The molecule has 1 aromatic carbocycles. The summed E-state index contributed by atoms with van der Waals surface area (Å²) in [7, 11) is 0. The van der Waals surface area contributed by atoms with Gasteiger partial charge >= 0.3 is 0 Å². The molecule has 2 atom stereocenters. The summed E-state index contributed by atoms with van der Waals surface area (Å²) in [6, 6.07) is 6.88. The van der Waals surface area contributed by atoms with Gasteiger partial charge in [-0.25, -0.2) is 0 Å². The van der Waals surface area contributed by atoms with Crippen LogP contribution < -0.4 is 0 Å². The zero-order valence-corrected chi connectivity index (χ0v) is 11.6. The predicted octanol–water partition coefficient (Wildman–Crippen LogP) is 4.27. The molecule has 1 nitrogen and oxygen atoms in total. The second-order valence-corrected chi connectivity index (χ2v) is 6.08. The Kier molecular flexibility index (Phi) is 3.91. The molecule has 1 aliphatic carbocycles. The Morgan fingerprint density at radius 1 is 1.11 bits per heavy atom. The SMILES string of the molecule is ClC(c1ccc2c(c1)CCCC2)C1CCCOC1. The minimum atomic E-state index is 0.123. The van der Waals surface area contributed by atoms with Crippen LogP contribution in [0, 0.1) is 5.92 Å². The number of alkyl halides is 1. The van der Waals surface area contributed by atoms with Gasteiger partial charge in [0.2, 0.25) is 0 Å². The lowest BCUT2D eigenvalue weighted by molar-refractivity contribution is 0.0531. The fourth-order valence-electron chi connectivity index (χ4n) is 3.19. The summed E-state index contributed by atoms with van der Waals surface area (Å²) in [5, 5.41) is 0.123. The van der Waals surface area contributed by atoms with Crippen molar-refractivity contribution in [3.8, 4) is 0 Å². The lowest BCUT2D eigenvalue weighted by atomic mass is 9.87. The number of benzene rings is 1. The molecule has 0 amide bonds. The lowest BCUT2D eigenvalue weighted by Crippen LogP contribution is -2.21. The van der Waals surface area contributed by atoms with Crippen LogP contribution in [0.25, 0.3) is 0 Å². The number of rotatable bonds is 2. The molecule has 2 heteroatoms. The highest BCUT2D eigenvalue weighted by atomic mass is 35.5. The van der Waals surface area contributed by atoms with Gasteiger partial charge in [-0.05, 0) is 55.2 Å². The molecule has 0 spiro atoms. The van der Waals surface area contributed by atoms with Crippen molar-refractivity contribution in [3.05, 3.63) is 34.9 Å². The Labute approximate surface area is 114 Å². The van der Waals surface area contributed by atoms with Gasteiger partial charge in [-0.15, -0.1) is 11.6 Å². The first-order valence-corrected chi connectivity index (χ1v) is 7.62. The quantitative estimate of drug-likeness (QED) is 0.725. The Balaban J connectivity index is 1.78. The van der Waals surface area contributed by atoms with Crippen LogP contribution >= 0.6 is 11.6 Å². The molecule has 1 saturated heterocycles. The smallest absolute Gasteiger partial charge is 0.0635 e. The Bertz CT molecular complexity index is 410. The minimum Gasteiger partial charge on any atom is -0.381 e. The van der Waals surface area contributed by atoms with E-state index in [1.807, 2.05) is 0 Å². The summed E-state index contributed by atoms with van der Waals surface area (Å²) in [5.41, 5.74) is 4.36. The summed E-state index contributed by atoms with van der Waals surface area (Å²) in [6.07, 6.45) is 7.50. The van der Waals surface area contributed by atoms with E-state index in [9.17, 15) is 0 Å². The first-order valence-electron chi connectivity index (χ1n) is 7.18. The average Bonchev–Trinajstić information content (AvgIpc) is 2.47. The largest absolute Gasteiger partial charge is 0.381 e. The number of fused-ring (bicyclic) bond motifs is 1. The second-order valence-electron chi connectivity index (χ2n) is 5.61. The zero-order chi connectivity index (χ0) is 12.4. The number of halogens is 1. The third-order valence-corrected chi connectivity index (χ3v) is 4.91. The predicted molar refractivity (Wildman–Crippen MR) is 75.2 cm³/mol. The molecule has 3 rings (SSSR count). The monoisotopic (exact) mass is 264 g/mol. The molecule has 0 radical (unpaired) electrons. The van der Waals surface area contributed by atoms with E-state index in [1.54, 1.807) is 0 Å². The number of aryl methyl sites for hydroxylation is 2. The van der Waals surface area contributed by atoms with E-state index in [0.29, 0.717) is 5.92 Å². The maximum Gasteiger partial charge on any atom is 0.0635 e. The van der Waals surface area contributed by atoms with E-state index < -0.39 is 0 Å². The zero-order valence-electron chi connectivity index (χ0n) is 10.8. The van der Waals surface area contributed by atoms with Crippen molar-refractivity contribution in [2.75, 3.05) is 13.2 Å². The van der Waals surface area contributed by atoms with Crippen molar-refractivity contribution < 1.29 is 4.74 Å². The summed E-state index contributed by atoms with van der Waals surface area (Å²) >= 11 is 6.65. The van der Waals surface area contributed by atoms with Gasteiger partial charge in [-0.1, -0.05) is 18.2 Å². The van der Waals surface area contributed by atoms with Crippen LogP contribution in [0.1, 0.15) is 47.8 Å². The molecular weight excluding hydrogens is 244 g/mol. The number of hydrogen-bond donors (Lipinski definition) is 0. The summed E-state index contributed by atoms with van der Waals surface area (Å²) in [5.74, 6) is 0.488.